The van der Waals surface area contributed by atoms with E-state index in [-0.39, 0.29) is 11.5 Å². The monoisotopic (exact) mass is 358 g/mol. The number of hydrogen-bond acceptors (Lipinski definition) is 2. The molecule has 0 bridgehead atoms. The zero-order valence-electron chi connectivity index (χ0n) is 16.9. The summed E-state index contributed by atoms with van der Waals surface area (Å²) in [6, 6.07) is 3.89. The summed E-state index contributed by atoms with van der Waals surface area (Å²) in [5.74, 6) is 0.168. The van der Waals surface area contributed by atoms with E-state index in [4.69, 9.17) is 0 Å². The quantitative estimate of drug-likeness (QED) is 0.315. The van der Waals surface area contributed by atoms with Gasteiger partial charge in [0.2, 0.25) is 0 Å². The second-order valence-corrected chi connectivity index (χ2v) is 9.55. The highest BCUT2D eigenvalue weighted by atomic mass is 16.3. The molecule has 2 N–H and O–H groups in total. The fourth-order valence-corrected chi connectivity index (χ4v) is 4.37. The highest BCUT2D eigenvalue weighted by Gasteiger charge is 2.39. The van der Waals surface area contributed by atoms with Crippen LogP contribution in [0.15, 0.2) is 12.1 Å². The zero-order chi connectivity index (χ0) is 18.6. The van der Waals surface area contributed by atoms with Gasteiger partial charge in [-0.15, -0.1) is 0 Å². The Morgan fingerprint density at radius 3 is 2.19 bits per heavy atom. The van der Waals surface area contributed by atoms with Crippen molar-refractivity contribution >= 4 is 0 Å². The van der Waals surface area contributed by atoms with Crippen molar-refractivity contribution in [2.24, 2.45) is 10.8 Å². The molecule has 0 radical (unpaired) electrons. The van der Waals surface area contributed by atoms with Crippen LogP contribution in [-0.4, -0.2) is 10.2 Å². The molecule has 0 saturated heterocycles. The first kappa shape index (κ1) is 19.6. The van der Waals surface area contributed by atoms with Gasteiger partial charge in [-0.1, -0.05) is 45.6 Å². The van der Waals surface area contributed by atoms with Gasteiger partial charge in [0.25, 0.3) is 0 Å². The molecule has 0 amide bonds. The van der Waals surface area contributed by atoms with E-state index >= 15 is 0 Å². The molecule has 1 aromatic rings. The average molecular weight is 359 g/mol. The van der Waals surface area contributed by atoms with E-state index < -0.39 is 0 Å². The van der Waals surface area contributed by atoms with Crippen molar-refractivity contribution < 1.29 is 10.2 Å². The molecule has 0 atom stereocenters. The lowest BCUT2D eigenvalue weighted by Crippen LogP contribution is -1.98. The van der Waals surface area contributed by atoms with Crippen molar-refractivity contribution in [3.8, 4) is 11.5 Å². The van der Waals surface area contributed by atoms with Crippen LogP contribution in [0.25, 0.3) is 0 Å². The summed E-state index contributed by atoms with van der Waals surface area (Å²) in [4.78, 5) is 0. The molecular formula is C24H38O2. The van der Waals surface area contributed by atoms with Crippen molar-refractivity contribution in [3.05, 3.63) is 23.3 Å². The Kier molecular flexibility index (Phi) is 6.20. The molecule has 1 aromatic carbocycles. The third-order valence-corrected chi connectivity index (χ3v) is 7.19. The summed E-state index contributed by atoms with van der Waals surface area (Å²) in [7, 11) is 0. The van der Waals surface area contributed by atoms with Gasteiger partial charge in [-0.3, -0.25) is 0 Å². The SMILES string of the molecule is CCC1(CCCCCc2cc(CCCCC3(C)CC3)cc(O)c2O)CC1. The highest BCUT2D eigenvalue weighted by molar-refractivity contribution is 5.47. The summed E-state index contributed by atoms with van der Waals surface area (Å²) in [6.45, 7) is 4.72. The van der Waals surface area contributed by atoms with Crippen molar-refractivity contribution in [2.75, 3.05) is 0 Å². The van der Waals surface area contributed by atoms with Gasteiger partial charge in [0, 0.05) is 0 Å². The molecule has 2 aliphatic rings. The smallest absolute Gasteiger partial charge is 0.160 e. The van der Waals surface area contributed by atoms with Crippen LogP contribution in [0.4, 0.5) is 0 Å². The maximum absolute atomic E-state index is 10.2. The Morgan fingerprint density at radius 1 is 0.846 bits per heavy atom. The topological polar surface area (TPSA) is 40.5 Å². The second-order valence-electron chi connectivity index (χ2n) is 9.55. The molecule has 2 nitrogen and oxygen atoms in total. The Balaban J connectivity index is 1.41. The first-order valence-corrected chi connectivity index (χ1v) is 11.0. The number of phenols is 2. The molecule has 3 rings (SSSR count). The summed E-state index contributed by atoms with van der Waals surface area (Å²) in [5, 5.41) is 20.3. The van der Waals surface area contributed by atoms with Crippen LogP contribution >= 0.6 is 0 Å². The third kappa shape index (κ3) is 5.41. The minimum Gasteiger partial charge on any atom is -0.504 e. The lowest BCUT2D eigenvalue weighted by atomic mass is 9.94. The molecule has 2 fully saturated rings. The number of hydrogen-bond donors (Lipinski definition) is 2. The molecule has 2 saturated carbocycles. The van der Waals surface area contributed by atoms with Crippen molar-refractivity contribution in [2.45, 2.75) is 104 Å². The standard InChI is InChI=1S/C24H38O2/c1-3-24(15-16-24)12-7-4-5-10-20-17-19(18-21(25)22(20)26)9-6-8-11-23(2)13-14-23/h17-18,25-26H,3-16H2,1-2H3. The molecule has 2 aliphatic carbocycles. The minimum absolute atomic E-state index is 0.0644. The van der Waals surface area contributed by atoms with Crippen LogP contribution < -0.4 is 0 Å². The number of phenolic OH excluding ortho intramolecular Hbond substituents is 2. The Labute approximate surface area is 160 Å². The maximum Gasteiger partial charge on any atom is 0.160 e. The molecule has 0 aliphatic heterocycles. The Hall–Kier alpha value is -1.18. The number of unbranched alkanes of at least 4 members (excludes halogenated alkanes) is 3. The van der Waals surface area contributed by atoms with Gasteiger partial charge >= 0.3 is 0 Å². The van der Waals surface area contributed by atoms with Crippen molar-refractivity contribution in [3.63, 3.8) is 0 Å². The van der Waals surface area contributed by atoms with Gasteiger partial charge in [-0.05, 0) is 92.2 Å². The third-order valence-electron chi connectivity index (χ3n) is 7.19. The second kappa shape index (κ2) is 8.23. The van der Waals surface area contributed by atoms with Crippen molar-refractivity contribution in [1.29, 1.82) is 0 Å². The summed E-state index contributed by atoms with van der Waals surface area (Å²) in [6.07, 6.45) is 17.7. The van der Waals surface area contributed by atoms with Crippen molar-refractivity contribution in [1.82, 2.24) is 0 Å². The molecule has 0 unspecified atom stereocenters. The summed E-state index contributed by atoms with van der Waals surface area (Å²) in [5.41, 5.74) is 3.45. The molecule has 2 heteroatoms. The van der Waals surface area contributed by atoms with Gasteiger partial charge in [0.15, 0.2) is 11.5 Å². The number of benzene rings is 1. The Bertz CT molecular complexity index is 596. The largest absolute Gasteiger partial charge is 0.504 e. The van der Waals surface area contributed by atoms with Gasteiger partial charge in [0.1, 0.15) is 0 Å². The Morgan fingerprint density at radius 2 is 1.54 bits per heavy atom. The normalized spacial score (nSPS) is 19.5. The lowest BCUT2D eigenvalue weighted by Gasteiger charge is -2.13. The van der Waals surface area contributed by atoms with Gasteiger partial charge in [-0.25, -0.2) is 0 Å². The summed E-state index contributed by atoms with van der Waals surface area (Å²) < 4.78 is 0. The maximum atomic E-state index is 10.2. The molecule has 0 spiro atoms. The summed E-state index contributed by atoms with van der Waals surface area (Å²) >= 11 is 0. The van der Waals surface area contributed by atoms with Crippen LogP contribution in [0.2, 0.25) is 0 Å². The van der Waals surface area contributed by atoms with E-state index in [1.807, 2.05) is 0 Å². The predicted molar refractivity (Wildman–Crippen MR) is 109 cm³/mol. The van der Waals surface area contributed by atoms with Crippen LogP contribution in [0, 0.1) is 10.8 Å². The van der Waals surface area contributed by atoms with Crippen LogP contribution in [0.1, 0.15) is 102 Å². The minimum atomic E-state index is 0.0644. The highest BCUT2D eigenvalue weighted by Crippen LogP contribution is 2.52. The number of rotatable bonds is 12. The van der Waals surface area contributed by atoms with E-state index in [9.17, 15) is 10.2 Å². The molecule has 0 aromatic heterocycles. The zero-order valence-corrected chi connectivity index (χ0v) is 16.9. The van der Waals surface area contributed by atoms with E-state index in [0.29, 0.717) is 10.8 Å². The van der Waals surface area contributed by atoms with E-state index in [1.54, 1.807) is 6.07 Å². The lowest BCUT2D eigenvalue weighted by molar-refractivity contribution is 0.396. The van der Waals surface area contributed by atoms with Gasteiger partial charge in [0.05, 0.1) is 0 Å². The van der Waals surface area contributed by atoms with E-state index in [1.165, 1.54) is 76.2 Å². The first-order valence-electron chi connectivity index (χ1n) is 11.0. The van der Waals surface area contributed by atoms with E-state index in [2.05, 4.69) is 19.9 Å². The predicted octanol–water partition coefficient (Wildman–Crippen LogP) is 6.90. The molecule has 146 valence electrons. The first-order chi connectivity index (χ1) is 12.5. The molecular weight excluding hydrogens is 320 g/mol. The molecule has 0 heterocycles. The van der Waals surface area contributed by atoms with Crippen LogP contribution in [0.3, 0.4) is 0 Å². The van der Waals surface area contributed by atoms with E-state index in [0.717, 1.165) is 24.8 Å². The average Bonchev–Trinajstić information content (AvgIpc) is 3.54. The van der Waals surface area contributed by atoms with Gasteiger partial charge < -0.3 is 10.2 Å². The van der Waals surface area contributed by atoms with Crippen LogP contribution in [0.5, 0.6) is 11.5 Å². The fraction of sp³-hybridized carbons (Fsp3) is 0.750. The fourth-order valence-electron chi connectivity index (χ4n) is 4.37. The molecule has 26 heavy (non-hydrogen) atoms. The number of aryl methyl sites for hydroxylation is 2. The van der Waals surface area contributed by atoms with Gasteiger partial charge in [-0.2, -0.15) is 0 Å². The van der Waals surface area contributed by atoms with Crippen LogP contribution in [-0.2, 0) is 12.8 Å². The number of aromatic hydroxyl groups is 2.